The Morgan fingerprint density at radius 3 is 1.79 bits per heavy atom. The molecule has 0 aliphatic carbocycles. The Morgan fingerprint density at radius 2 is 1.30 bits per heavy atom. The third-order valence-electron chi connectivity index (χ3n) is 8.01. The molecule has 2 aromatic heterocycles. The van der Waals surface area contributed by atoms with Crippen LogP contribution in [0.15, 0.2) is 48.8 Å². The number of anilines is 2. The van der Waals surface area contributed by atoms with E-state index in [0.717, 1.165) is 57.5 Å². The molecule has 2 amide bonds. The van der Waals surface area contributed by atoms with E-state index >= 15 is 0 Å². The molecule has 1 N–H and O–H groups in total. The number of piperidine rings is 2. The van der Waals surface area contributed by atoms with Crippen molar-refractivity contribution in [3.8, 4) is 0 Å². The number of hydrogen-bond donors (Lipinski definition) is 1. The summed E-state index contributed by atoms with van der Waals surface area (Å²) in [6.45, 7) is 7.61. The lowest BCUT2D eigenvalue weighted by Crippen LogP contribution is -2.39. The van der Waals surface area contributed by atoms with Gasteiger partial charge in [-0.2, -0.15) is 0 Å². The van der Waals surface area contributed by atoms with Crippen LogP contribution in [0.3, 0.4) is 0 Å². The fraction of sp³-hybridized carbons (Fsp3) is 0.438. The van der Waals surface area contributed by atoms with Crippen LogP contribution in [-0.4, -0.2) is 57.8 Å². The second-order valence-electron chi connectivity index (χ2n) is 11.0. The van der Waals surface area contributed by atoms with Crippen molar-refractivity contribution in [1.29, 1.82) is 0 Å². The fourth-order valence-corrected chi connectivity index (χ4v) is 5.99. The number of halogens is 4. The molecule has 0 bridgehead atoms. The Hall–Kier alpha value is -2.58. The van der Waals surface area contributed by atoms with E-state index in [9.17, 15) is 9.59 Å². The van der Waals surface area contributed by atoms with E-state index in [0.29, 0.717) is 43.8 Å². The lowest BCUT2D eigenvalue weighted by Gasteiger charge is -2.32. The molecule has 2 atom stereocenters. The van der Waals surface area contributed by atoms with E-state index in [-0.39, 0.29) is 17.0 Å². The Balaban J connectivity index is 0.000000208. The maximum Gasteiger partial charge on any atom is 0.255 e. The molecular formula is C32H37Cl4N5O2. The predicted octanol–water partition coefficient (Wildman–Crippen LogP) is 9.04. The van der Waals surface area contributed by atoms with Gasteiger partial charge in [0.05, 0.1) is 21.2 Å². The van der Waals surface area contributed by atoms with Crippen molar-refractivity contribution < 1.29 is 9.59 Å². The number of likely N-dealkylation sites (tertiary alicyclic amines) is 2. The second-order valence-corrected chi connectivity index (χ2v) is 12.6. The molecule has 230 valence electrons. The third kappa shape index (κ3) is 9.21. The van der Waals surface area contributed by atoms with Crippen LogP contribution < -0.4 is 5.32 Å². The first kappa shape index (κ1) is 33.3. The monoisotopic (exact) mass is 663 g/mol. The molecule has 11 heteroatoms. The molecule has 2 saturated heterocycles. The normalized spacial score (nSPS) is 18.5. The summed E-state index contributed by atoms with van der Waals surface area (Å²) in [6.07, 6.45) is 9.83. The van der Waals surface area contributed by atoms with Crippen molar-refractivity contribution in [1.82, 2.24) is 19.8 Å². The van der Waals surface area contributed by atoms with Crippen LogP contribution in [0, 0.1) is 11.8 Å². The standard InChI is InChI=1S/C19H21Cl2N3O.C13H16Cl2N2O/c1-2-13-4-3-9-24(12-13)19(25)14-10-17(21)18(22-11-14)23-16-7-5-15(20)6-8-16;1-2-9-4-3-5-17(8-9)13(18)10-6-11(14)12(15)16-7-10/h5-8,10-11,13H,2-4,9,12H2,1H3,(H,22,23);6-7,9H,2-5,8H2,1H3. The average molecular weight is 665 g/mol. The zero-order valence-corrected chi connectivity index (χ0v) is 27.5. The van der Waals surface area contributed by atoms with Gasteiger partial charge in [0, 0.05) is 49.3 Å². The topological polar surface area (TPSA) is 78.4 Å². The van der Waals surface area contributed by atoms with Crippen molar-refractivity contribution in [2.75, 3.05) is 31.5 Å². The maximum atomic E-state index is 12.7. The summed E-state index contributed by atoms with van der Waals surface area (Å²) in [5.74, 6) is 1.72. The number of aromatic nitrogens is 2. The van der Waals surface area contributed by atoms with Gasteiger partial charge in [-0.15, -0.1) is 0 Å². The van der Waals surface area contributed by atoms with E-state index in [1.807, 2.05) is 21.9 Å². The van der Waals surface area contributed by atoms with Gasteiger partial charge in [-0.3, -0.25) is 9.59 Å². The molecule has 2 unspecified atom stereocenters. The molecule has 2 aliphatic rings. The molecule has 1 aromatic carbocycles. The van der Waals surface area contributed by atoms with Crippen molar-refractivity contribution in [3.63, 3.8) is 0 Å². The number of hydrogen-bond acceptors (Lipinski definition) is 5. The summed E-state index contributed by atoms with van der Waals surface area (Å²) in [4.78, 5) is 37.1. The number of carbonyl (C=O) groups excluding carboxylic acids is 2. The summed E-state index contributed by atoms with van der Waals surface area (Å²) in [5.41, 5.74) is 1.88. The highest BCUT2D eigenvalue weighted by molar-refractivity contribution is 6.41. The average Bonchev–Trinajstić information content (AvgIpc) is 3.04. The molecule has 0 spiro atoms. The van der Waals surface area contributed by atoms with E-state index in [2.05, 4.69) is 29.1 Å². The Kier molecular flexibility index (Phi) is 12.3. The van der Waals surface area contributed by atoms with Crippen molar-refractivity contribution in [2.45, 2.75) is 52.4 Å². The predicted molar refractivity (Wildman–Crippen MR) is 176 cm³/mol. The number of nitrogens with one attached hydrogen (secondary N) is 1. The van der Waals surface area contributed by atoms with E-state index in [4.69, 9.17) is 46.4 Å². The third-order valence-corrected chi connectivity index (χ3v) is 9.23. The quantitative estimate of drug-likeness (QED) is 0.266. The van der Waals surface area contributed by atoms with Crippen LogP contribution >= 0.6 is 46.4 Å². The van der Waals surface area contributed by atoms with Crippen LogP contribution in [0.5, 0.6) is 0 Å². The van der Waals surface area contributed by atoms with Gasteiger partial charge in [-0.25, -0.2) is 9.97 Å². The smallest absolute Gasteiger partial charge is 0.255 e. The van der Waals surface area contributed by atoms with Crippen LogP contribution in [0.2, 0.25) is 20.2 Å². The first-order valence-electron chi connectivity index (χ1n) is 14.8. The highest BCUT2D eigenvalue weighted by atomic mass is 35.5. The highest BCUT2D eigenvalue weighted by Crippen LogP contribution is 2.27. The fourth-order valence-electron chi connectivity index (χ4n) is 5.39. The van der Waals surface area contributed by atoms with Gasteiger partial charge in [-0.1, -0.05) is 73.1 Å². The minimum Gasteiger partial charge on any atom is -0.339 e. The lowest BCUT2D eigenvalue weighted by molar-refractivity contribution is 0.0664. The number of pyridine rings is 2. The minimum atomic E-state index is -0.000725. The number of benzene rings is 1. The van der Waals surface area contributed by atoms with Gasteiger partial charge in [0.1, 0.15) is 11.0 Å². The second kappa shape index (κ2) is 15.9. The molecule has 0 radical (unpaired) electrons. The molecule has 7 nitrogen and oxygen atoms in total. The van der Waals surface area contributed by atoms with Crippen molar-refractivity contribution in [3.05, 3.63) is 80.1 Å². The first-order chi connectivity index (χ1) is 20.7. The van der Waals surface area contributed by atoms with E-state index in [1.54, 1.807) is 30.5 Å². The first-order valence-corrected chi connectivity index (χ1v) is 16.3. The van der Waals surface area contributed by atoms with Gasteiger partial charge in [-0.05, 0) is 73.9 Å². The molecule has 4 heterocycles. The zero-order chi connectivity index (χ0) is 30.9. The molecule has 5 rings (SSSR count). The van der Waals surface area contributed by atoms with E-state index in [1.165, 1.54) is 19.0 Å². The molecule has 2 aliphatic heterocycles. The number of carbonyl (C=O) groups is 2. The highest BCUT2D eigenvalue weighted by Gasteiger charge is 2.25. The van der Waals surface area contributed by atoms with Crippen LogP contribution in [0.25, 0.3) is 0 Å². The summed E-state index contributed by atoms with van der Waals surface area (Å²) in [7, 11) is 0. The Morgan fingerprint density at radius 1 is 0.791 bits per heavy atom. The Labute approximate surface area is 273 Å². The van der Waals surface area contributed by atoms with Crippen LogP contribution in [0.1, 0.15) is 73.1 Å². The summed E-state index contributed by atoms with van der Waals surface area (Å²) >= 11 is 23.8. The Bertz CT molecular complexity index is 1410. The maximum absolute atomic E-state index is 12.7. The van der Waals surface area contributed by atoms with Crippen molar-refractivity contribution >= 4 is 69.7 Å². The summed E-state index contributed by atoms with van der Waals surface area (Å²) in [5, 5.41) is 4.78. The molecule has 43 heavy (non-hydrogen) atoms. The van der Waals surface area contributed by atoms with Gasteiger partial charge in [0.15, 0.2) is 0 Å². The number of nitrogens with zero attached hydrogens (tertiary/aromatic N) is 4. The SMILES string of the molecule is CCC1CCCN(C(=O)c2cnc(Cl)c(Cl)c2)C1.CCC1CCCN(C(=O)c2cnc(Nc3ccc(Cl)cc3)c(Cl)c2)C1. The molecule has 2 fully saturated rings. The zero-order valence-electron chi connectivity index (χ0n) is 24.5. The number of rotatable bonds is 6. The van der Waals surface area contributed by atoms with Crippen LogP contribution in [-0.2, 0) is 0 Å². The van der Waals surface area contributed by atoms with Gasteiger partial charge < -0.3 is 15.1 Å². The largest absolute Gasteiger partial charge is 0.339 e. The lowest BCUT2D eigenvalue weighted by atomic mass is 9.95. The van der Waals surface area contributed by atoms with Gasteiger partial charge in [0.25, 0.3) is 11.8 Å². The molecule has 3 aromatic rings. The van der Waals surface area contributed by atoms with Crippen LogP contribution in [0.4, 0.5) is 11.5 Å². The van der Waals surface area contributed by atoms with Gasteiger partial charge in [0.2, 0.25) is 0 Å². The number of amides is 2. The van der Waals surface area contributed by atoms with E-state index < -0.39 is 0 Å². The minimum absolute atomic E-state index is 0.000725. The summed E-state index contributed by atoms with van der Waals surface area (Å²) < 4.78 is 0. The summed E-state index contributed by atoms with van der Waals surface area (Å²) in [6, 6.07) is 10.5. The van der Waals surface area contributed by atoms with Gasteiger partial charge >= 0.3 is 0 Å². The molecule has 0 saturated carbocycles. The molecular weight excluding hydrogens is 628 g/mol. The van der Waals surface area contributed by atoms with Crippen molar-refractivity contribution in [2.24, 2.45) is 11.8 Å².